The van der Waals surface area contributed by atoms with Crippen molar-refractivity contribution in [3.8, 4) is 0 Å². The number of nitrogens with zero attached hydrogens (tertiary/aromatic N) is 4. The van der Waals surface area contributed by atoms with Crippen molar-refractivity contribution in [2.24, 2.45) is 0 Å². The molecular formula is C13H22N4. The van der Waals surface area contributed by atoms with Crippen LogP contribution in [0.4, 0.5) is 5.82 Å². The van der Waals surface area contributed by atoms with E-state index in [1.165, 1.54) is 25.8 Å². The van der Waals surface area contributed by atoms with Crippen molar-refractivity contribution in [3.05, 3.63) is 18.6 Å². The molecule has 0 radical (unpaired) electrons. The third-order valence-electron chi connectivity index (χ3n) is 3.60. The highest BCUT2D eigenvalue weighted by Gasteiger charge is 2.18. The van der Waals surface area contributed by atoms with Gasteiger partial charge in [-0.15, -0.1) is 0 Å². The van der Waals surface area contributed by atoms with Crippen LogP contribution in [0.1, 0.15) is 26.2 Å². The zero-order valence-corrected chi connectivity index (χ0v) is 10.8. The van der Waals surface area contributed by atoms with Gasteiger partial charge in [0.05, 0.1) is 6.20 Å². The summed E-state index contributed by atoms with van der Waals surface area (Å²) in [5.74, 6) is 0.956. The van der Waals surface area contributed by atoms with Gasteiger partial charge < -0.3 is 4.90 Å². The molecule has 1 atom stereocenters. The van der Waals surface area contributed by atoms with E-state index in [0.717, 1.165) is 24.9 Å². The first-order valence-electron chi connectivity index (χ1n) is 6.48. The van der Waals surface area contributed by atoms with E-state index in [4.69, 9.17) is 0 Å². The van der Waals surface area contributed by atoms with Crippen LogP contribution in [0.15, 0.2) is 18.6 Å². The number of likely N-dealkylation sites (tertiary alicyclic amines) is 1. The average Bonchev–Trinajstić information content (AvgIpc) is 2.38. The SMILES string of the molecule is CC1CCCCN1CCN(C)c1cnccn1. The third-order valence-corrected chi connectivity index (χ3v) is 3.60. The molecule has 0 amide bonds. The average molecular weight is 234 g/mol. The Hall–Kier alpha value is -1.16. The monoisotopic (exact) mass is 234 g/mol. The molecule has 1 unspecified atom stereocenters. The maximum Gasteiger partial charge on any atom is 0.146 e. The van der Waals surface area contributed by atoms with E-state index in [1.54, 1.807) is 12.4 Å². The van der Waals surface area contributed by atoms with E-state index in [2.05, 4.69) is 33.7 Å². The fourth-order valence-electron chi connectivity index (χ4n) is 2.37. The molecule has 1 aromatic rings. The molecule has 17 heavy (non-hydrogen) atoms. The fraction of sp³-hybridized carbons (Fsp3) is 0.692. The van der Waals surface area contributed by atoms with Crippen molar-refractivity contribution in [2.45, 2.75) is 32.2 Å². The number of hydrogen-bond donors (Lipinski definition) is 0. The molecule has 4 nitrogen and oxygen atoms in total. The third kappa shape index (κ3) is 3.40. The van der Waals surface area contributed by atoms with Gasteiger partial charge in [-0.2, -0.15) is 0 Å². The van der Waals surface area contributed by atoms with Gasteiger partial charge in [-0.25, -0.2) is 4.98 Å². The molecule has 2 heterocycles. The van der Waals surface area contributed by atoms with Crippen LogP contribution < -0.4 is 4.90 Å². The summed E-state index contributed by atoms with van der Waals surface area (Å²) in [7, 11) is 2.08. The second kappa shape index (κ2) is 5.96. The van der Waals surface area contributed by atoms with Crippen LogP contribution in [-0.2, 0) is 0 Å². The van der Waals surface area contributed by atoms with Gasteiger partial charge in [0, 0.05) is 38.6 Å². The summed E-state index contributed by atoms with van der Waals surface area (Å²) in [6, 6.07) is 0.735. The topological polar surface area (TPSA) is 32.3 Å². The van der Waals surface area contributed by atoms with Crippen LogP contribution in [0.2, 0.25) is 0 Å². The summed E-state index contributed by atoms with van der Waals surface area (Å²) >= 11 is 0. The number of aromatic nitrogens is 2. The molecule has 0 bridgehead atoms. The highest BCUT2D eigenvalue weighted by Crippen LogP contribution is 2.16. The van der Waals surface area contributed by atoms with Crippen LogP contribution in [0, 0.1) is 0 Å². The molecule has 0 aliphatic carbocycles. The van der Waals surface area contributed by atoms with E-state index in [0.29, 0.717) is 0 Å². The van der Waals surface area contributed by atoms with Gasteiger partial charge in [0.2, 0.25) is 0 Å². The van der Waals surface area contributed by atoms with Crippen molar-refractivity contribution in [1.82, 2.24) is 14.9 Å². The number of piperidine rings is 1. The van der Waals surface area contributed by atoms with Crippen molar-refractivity contribution in [1.29, 1.82) is 0 Å². The summed E-state index contributed by atoms with van der Waals surface area (Å²) in [6.45, 7) is 5.72. The predicted octanol–water partition coefficient (Wildman–Crippen LogP) is 1.79. The van der Waals surface area contributed by atoms with Crippen molar-refractivity contribution in [2.75, 3.05) is 31.6 Å². The summed E-state index contributed by atoms with van der Waals surface area (Å²) in [5.41, 5.74) is 0. The lowest BCUT2D eigenvalue weighted by atomic mass is 10.0. The van der Waals surface area contributed by atoms with E-state index < -0.39 is 0 Å². The van der Waals surface area contributed by atoms with Crippen LogP contribution in [0.25, 0.3) is 0 Å². The molecule has 0 saturated carbocycles. The predicted molar refractivity (Wildman–Crippen MR) is 70.2 cm³/mol. The second-order valence-corrected chi connectivity index (χ2v) is 4.87. The summed E-state index contributed by atoms with van der Waals surface area (Å²) in [5, 5.41) is 0. The maximum absolute atomic E-state index is 4.31. The minimum absolute atomic E-state index is 0.735. The Kier molecular flexibility index (Phi) is 4.31. The van der Waals surface area contributed by atoms with Crippen LogP contribution in [0.5, 0.6) is 0 Å². The first-order chi connectivity index (χ1) is 8.27. The largest absolute Gasteiger partial charge is 0.357 e. The van der Waals surface area contributed by atoms with Gasteiger partial charge in [0.25, 0.3) is 0 Å². The molecule has 1 aromatic heterocycles. The highest BCUT2D eigenvalue weighted by atomic mass is 15.2. The van der Waals surface area contributed by atoms with Crippen molar-refractivity contribution >= 4 is 5.82 Å². The summed E-state index contributed by atoms with van der Waals surface area (Å²) in [4.78, 5) is 13.2. The normalized spacial score (nSPS) is 21.4. The maximum atomic E-state index is 4.31. The molecule has 0 aromatic carbocycles. The Morgan fingerprint density at radius 3 is 3.00 bits per heavy atom. The molecule has 1 fully saturated rings. The zero-order chi connectivity index (χ0) is 12.1. The second-order valence-electron chi connectivity index (χ2n) is 4.87. The van der Waals surface area contributed by atoms with Gasteiger partial charge in [0.15, 0.2) is 0 Å². The quantitative estimate of drug-likeness (QED) is 0.795. The fourth-order valence-corrected chi connectivity index (χ4v) is 2.37. The molecule has 0 N–H and O–H groups in total. The van der Waals surface area contributed by atoms with E-state index in [9.17, 15) is 0 Å². The zero-order valence-electron chi connectivity index (χ0n) is 10.8. The smallest absolute Gasteiger partial charge is 0.146 e. The summed E-state index contributed by atoms with van der Waals surface area (Å²) in [6.07, 6.45) is 9.35. The Bertz CT molecular complexity index is 327. The molecule has 1 aliphatic heterocycles. The number of anilines is 1. The van der Waals surface area contributed by atoms with E-state index >= 15 is 0 Å². The van der Waals surface area contributed by atoms with E-state index in [1.807, 2.05) is 6.20 Å². The van der Waals surface area contributed by atoms with Gasteiger partial charge in [0.1, 0.15) is 5.82 Å². The minimum Gasteiger partial charge on any atom is -0.357 e. The number of rotatable bonds is 4. The molecule has 1 aliphatic rings. The molecule has 1 saturated heterocycles. The van der Waals surface area contributed by atoms with E-state index in [-0.39, 0.29) is 0 Å². The van der Waals surface area contributed by atoms with Crippen LogP contribution in [0.3, 0.4) is 0 Å². The standard InChI is InChI=1S/C13H22N4/c1-12-5-3-4-8-17(12)10-9-16(2)13-11-14-6-7-15-13/h6-7,11-12H,3-5,8-10H2,1-2H3. The lowest BCUT2D eigenvalue weighted by Gasteiger charge is -2.34. The lowest BCUT2D eigenvalue weighted by molar-refractivity contribution is 0.165. The van der Waals surface area contributed by atoms with Crippen molar-refractivity contribution in [3.63, 3.8) is 0 Å². The molecule has 0 spiro atoms. The highest BCUT2D eigenvalue weighted by molar-refractivity contribution is 5.33. The van der Waals surface area contributed by atoms with Crippen LogP contribution >= 0.6 is 0 Å². The van der Waals surface area contributed by atoms with Gasteiger partial charge in [-0.3, -0.25) is 9.88 Å². The Balaban J connectivity index is 1.81. The molecule has 2 rings (SSSR count). The van der Waals surface area contributed by atoms with Gasteiger partial charge in [-0.05, 0) is 26.3 Å². The Morgan fingerprint density at radius 1 is 1.41 bits per heavy atom. The van der Waals surface area contributed by atoms with Crippen molar-refractivity contribution < 1.29 is 0 Å². The molecule has 94 valence electrons. The first-order valence-corrected chi connectivity index (χ1v) is 6.48. The molecular weight excluding hydrogens is 212 g/mol. The number of hydrogen-bond acceptors (Lipinski definition) is 4. The number of likely N-dealkylation sites (N-methyl/N-ethyl adjacent to an activating group) is 1. The van der Waals surface area contributed by atoms with Crippen LogP contribution in [-0.4, -0.2) is 47.6 Å². The minimum atomic E-state index is 0.735. The first kappa shape index (κ1) is 12.3. The lowest BCUT2D eigenvalue weighted by Crippen LogP contribution is -2.42. The Morgan fingerprint density at radius 2 is 2.29 bits per heavy atom. The molecule has 4 heteroatoms. The van der Waals surface area contributed by atoms with Gasteiger partial charge >= 0.3 is 0 Å². The Labute approximate surface area is 104 Å². The summed E-state index contributed by atoms with van der Waals surface area (Å²) < 4.78 is 0. The van der Waals surface area contributed by atoms with Gasteiger partial charge in [-0.1, -0.05) is 6.42 Å².